The third-order valence-electron chi connectivity index (χ3n) is 3.36. The Morgan fingerprint density at radius 3 is 2.70 bits per heavy atom. The molecule has 23 heavy (non-hydrogen) atoms. The highest BCUT2D eigenvalue weighted by Gasteiger charge is 2.19. The minimum absolute atomic E-state index is 0.00371. The zero-order valence-electron chi connectivity index (χ0n) is 12.9. The molecule has 2 rings (SSSR count). The average Bonchev–Trinajstić information content (AvgIpc) is 2.93. The quantitative estimate of drug-likeness (QED) is 0.880. The maximum absolute atomic E-state index is 12.5. The van der Waals surface area contributed by atoms with Crippen LogP contribution >= 0.6 is 11.6 Å². The summed E-state index contributed by atoms with van der Waals surface area (Å²) in [6.07, 6.45) is 2.57. The second kappa shape index (κ2) is 7.28. The molecule has 0 bridgehead atoms. The van der Waals surface area contributed by atoms with E-state index in [1.165, 1.54) is 17.1 Å². The van der Waals surface area contributed by atoms with Crippen LogP contribution in [0.25, 0.3) is 0 Å². The Labute approximate surface area is 139 Å². The fourth-order valence-electron chi connectivity index (χ4n) is 2.18. The number of benzene rings is 1. The summed E-state index contributed by atoms with van der Waals surface area (Å²) in [7, 11) is 0. The van der Waals surface area contributed by atoms with Gasteiger partial charge >= 0.3 is 5.97 Å². The van der Waals surface area contributed by atoms with Crippen LogP contribution in [0.2, 0.25) is 5.02 Å². The van der Waals surface area contributed by atoms with Crippen molar-refractivity contribution in [1.82, 2.24) is 14.7 Å². The van der Waals surface area contributed by atoms with E-state index in [-0.39, 0.29) is 24.1 Å². The summed E-state index contributed by atoms with van der Waals surface area (Å²) in [6, 6.07) is 7.35. The van der Waals surface area contributed by atoms with E-state index in [2.05, 4.69) is 5.10 Å². The SMILES string of the molecule is CC(C)N(Cc1cccc(Cl)c1)C(=O)Cn1cc(C(=O)O)cn1. The first kappa shape index (κ1) is 17.0. The maximum Gasteiger partial charge on any atom is 0.338 e. The highest BCUT2D eigenvalue weighted by atomic mass is 35.5. The number of nitrogens with zero attached hydrogens (tertiary/aromatic N) is 3. The molecule has 122 valence electrons. The second-order valence-electron chi connectivity index (χ2n) is 5.48. The molecule has 1 aromatic carbocycles. The normalized spacial score (nSPS) is 10.8. The molecular weight excluding hydrogens is 318 g/mol. The van der Waals surface area contributed by atoms with E-state index in [0.29, 0.717) is 11.6 Å². The maximum atomic E-state index is 12.5. The van der Waals surface area contributed by atoms with Gasteiger partial charge in [-0.05, 0) is 31.5 Å². The van der Waals surface area contributed by atoms with Crippen LogP contribution in [0.5, 0.6) is 0 Å². The van der Waals surface area contributed by atoms with Gasteiger partial charge in [-0.3, -0.25) is 9.48 Å². The Hall–Kier alpha value is -2.34. The Morgan fingerprint density at radius 1 is 1.39 bits per heavy atom. The van der Waals surface area contributed by atoms with Crippen LogP contribution in [0.1, 0.15) is 29.8 Å². The van der Waals surface area contributed by atoms with E-state index in [4.69, 9.17) is 16.7 Å². The van der Waals surface area contributed by atoms with Crippen molar-refractivity contribution in [2.24, 2.45) is 0 Å². The summed E-state index contributed by atoms with van der Waals surface area (Å²) in [4.78, 5) is 25.1. The van der Waals surface area contributed by atoms with Crippen LogP contribution in [0.15, 0.2) is 36.7 Å². The van der Waals surface area contributed by atoms with Gasteiger partial charge in [0.15, 0.2) is 0 Å². The zero-order valence-corrected chi connectivity index (χ0v) is 13.7. The highest BCUT2D eigenvalue weighted by Crippen LogP contribution is 2.14. The number of hydrogen-bond acceptors (Lipinski definition) is 3. The van der Waals surface area contributed by atoms with Crippen molar-refractivity contribution in [3.05, 3.63) is 52.8 Å². The lowest BCUT2D eigenvalue weighted by molar-refractivity contribution is -0.134. The number of amides is 1. The highest BCUT2D eigenvalue weighted by molar-refractivity contribution is 6.30. The number of carboxylic acids is 1. The van der Waals surface area contributed by atoms with Crippen molar-refractivity contribution in [3.8, 4) is 0 Å². The zero-order chi connectivity index (χ0) is 17.0. The molecule has 0 fully saturated rings. The molecule has 0 aliphatic rings. The summed E-state index contributed by atoms with van der Waals surface area (Å²) < 4.78 is 1.33. The van der Waals surface area contributed by atoms with Crippen molar-refractivity contribution in [2.75, 3.05) is 0 Å². The minimum atomic E-state index is -1.07. The summed E-state index contributed by atoms with van der Waals surface area (Å²) >= 11 is 5.98. The topological polar surface area (TPSA) is 75.4 Å². The first-order valence-electron chi connectivity index (χ1n) is 7.16. The fourth-order valence-corrected chi connectivity index (χ4v) is 2.39. The summed E-state index contributed by atoms with van der Waals surface area (Å²) in [6.45, 7) is 4.28. The predicted molar refractivity (Wildman–Crippen MR) is 86.3 cm³/mol. The lowest BCUT2D eigenvalue weighted by Crippen LogP contribution is -2.38. The molecular formula is C16H18ClN3O3. The van der Waals surface area contributed by atoms with Gasteiger partial charge in [-0.25, -0.2) is 4.79 Å². The van der Waals surface area contributed by atoms with Crippen molar-refractivity contribution < 1.29 is 14.7 Å². The van der Waals surface area contributed by atoms with Gasteiger partial charge in [0.05, 0.1) is 11.8 Å². The van der Waals surface area contributed by atoms with E-state index >= 15 is 0 Å². The van der Waals surface area contributed by atoms with Crippen LogP contribution in [-0.2, 0) is 17.9 Å². The first-order chi connectivity index (χ1) is 10.9. The average molecular weight is 336 g/mol. The van der Waals surface area contributed by atoms with Gasteiger partial charge in [-0.15, -0.1) is 0 Å². The van der Waals surface area contributed by atoms with Crippen LogP contribution in [-0.4, -0.2) is 37.7 Å². The lowest BCUT2D eigenvalue weighted by atomic mass is 10.2. The van der Waals surface area contributed by atoms with E-state index in [1.54, 1.807) is 11.0 Å². The number of hydrogen-bond donors (Lipinski definition) is 1. The van der Waals surface area contributed by atoms with Gasteiger partial charge in [0.25, 0.3) is 0 Å². The molecule has 2 aromatic rings. The van der Waals surface area contributed by atoms with E-state index < -0.39 is 5.97 Å². The van der Waals surface area contributed by atoms with Gasteiger partial charge in [0.2, 0.25) is 5.91 Å². The van der Waals surface area contributed by atoms with Crippen LogP contribution < -0.4 is 0 Å². The fraction of sp³-hybridized carbons (Fsp3) is 0.312. The monoisotopic (exact) mass is 335 g/mol. The smallest absolute Gasteiger partial charge is 0.338 e. The molecule has 6 nitrogen and oxygen atoms in total. The summed E-state index contributed by atoms with van der Waals surface area (Å²) in [5.41, 5.74) is 0.995. The summed E-state index contributed by atoms with van der Waals surface area (Å²) in [5, 5.41) is 13.4. The van der Waals surface area contributed by atoms with Crippen molar-refractivity contribution in [3.63, 3.8) is 0 Å². The van der Waals surface area contributed by atoms with Crippen LogP contribution in [0.4, 0.5) is 0 Å². The van der Waals surface area contributed by atoms with Crippen LogP contribution in [0.3, 0.4) is 0 Å². The number of carboxylic acid groups (broad SMARTS) is 1. The molecule has 0 unspecified atom stereocenters. The molecule has 0 aliphatic heterocycles. The van der Waals surface area contributed by atoms with E-state index in [9.17, 15) is 9.59 Å². The molecule has 7 heteroatoms. The number of carbonyl (C=O) groups is 2. The number of carbonyl (C=O) groups excluding carboxylic acids is 1. The molecule has 0 saturated heterocycles. The third-order valence-corrected chi connectivity index (χ3v) is 3.60. The number of halogens is 1. The number of rotatable bonds is 6. The van der Waals surface area contributed by atoms with Crippen molar-refractivity contribution in [1.29, 1.82) is 0 Å². The molecule has 1 N–H and O–H groups in total. The number of aromatic carboxylic acids is 1. The predicted octanol–water partition coefficient (Wildman–Crippen LogP) is 2.67. The molecule has 1 heterocycles. The van der Waals surface area contributed by atoms with Crippen molar-refractivity contribution >= 4 is 23.5 Å². The largest absolute Gasteiger partial charge is 0.478 e. The van der Waals surface area contributed by atoms with Gasteiger partial charge in [0.1, 0.15) is 6.54 Å². The molecule has 0 saturated carbocycles. The molecule has 1 amide bonds. The van der Waals surface area contributed by atoms with E-state index in [0.717, 1.165) is 5.56 Å². The standard InChI is InChI=1S/C16H18ClN3O3/c1-11(2)20(8-12-4-3-5-14(17)6-12)15(21)10-19-9-13(7-18-19)16(22)23/h3-7,9,11H,8,10H2,1-2H3,(H,22,23). The molecule has 0 aliphatic carbocycles. The van der Waals surface area contributed by atoms with E-state index in [1.807, 2.05) is 32.0 Å². The second-order valence-corrected chi connectivity index (χ2v) is 5.91. The lowest BCUT2D eigenvalue weighted by Gasteiger charge is -2.27. The Balaban J connectivity index is 2.10. The van der Waals surface area contributed by atoms with Gasteiger partial charge < -0.3 is 10.0 Å². The molecule has 0 radical (unpaired) electrons. The third kappa shape index (κ3) is 4.56. The Morgan fingerprint density at radius 2 is 2.13 bits per heavy atom. The summed E-state index contributed by atoms with van der Waals surface area (Å²) in [5.74, 6) is -1.21. The molecule has 0 spiro atoms. The van der Waals surface area contributed by atoms with Gasteiger partial charge in [-0.2, -0.15) is 5.10 Å². The molecule has 0 atom stereocenters. The van der Waals surface area contributed by atoms with Gasteiger partial charge in [0, 0.05) is 23.8 Å². The Bertz CT molecular complexity index is 712. The van der Waals surface area contributed by atoms with Crippen molar-refractivity contribution in [2.45, 2.75) is 33.0 Å². The first-order valence-corrected chi connectivity index (χ1v) is 7.54. The van der Waals surface area contributed by atoms with Gasteiger partial charge in [-0.1, -0.05) is 23.7 Å². The number of aromatic nitrogens is 2. The molecule has 1 aromatic heterocycles. The Kier molecular flexibility index (Phi) is 5.39. The van der Waals surface area contributed by atoms with Crippen LogP contribution in [0, 0.1) is 0 Å². The minimum Gasteiger partial charge on any atom is -0.478 e.